The monoisotopic (exact) mass is 262 g/mol. The minimum Gasteiger partial charge on any atom is -0.370 e. The fourth-order valence-corrected chi connectivity index (χ4v) is 1.89. The third-order valence-electron chi connectivity index (χ3n) is 2.82. The molecule has 1 aromatic heterocycles. The van der Waals surface area contributed by atoms with Crippen molar-refractivity contribution in [1.82, 2.24) is 9.97 Å². The molecule has 0 aliphatic carbocycles. The maximum absolute atomic E-state index is 8.91. The van der Waals surface area contributed by atoms with Gasteiger partial charge in [-0.15, -0.1) is 0 Å². The summed E-state index contributed by atoms with van der Waals surface area (Å²) in [5.41, 5.74) is 5.72. The van der Waals surface area contributed by atoms with Crippen LogP contribution < -0.4 is 16.0 Å². The molecule has 0 bridgehead atoms. The van der Waals surface area contributed by atoms with Gasteiger partial charge in [0.15, 0.2) is 6.10 Å². The van der Waals surface area contributed by atoms with E-state index in [1.165, 1.54) is 0 Å². The second kappa shape index (κ2) is 6.20. The van der Waals surface area contributed by atoms with Crippen LogP contribution in [0.5, 0.6) is 0 Å². The first-order valence-corrected chi connectivity index (χ1v) is 6.37. The zero-order chi connectivity index (χ0) is 13.7. The molecule has 3 N–H and O–H groups in total. The number of nitriles is 1. The number of nitrogen functional groups attached to an aromatic ring is 1. The smallest absolute Gasteiger partial charge is 0.223 e. The standard InChI is InChI=1S/C12H18N6O/c1-2-3-15-10-6-11(17-12(14)16-10)18-4-5-19-9(7-13)8-18/h6,9H,2-5,8H2,1H3,(H3,14,15,16,17). The van der Waals surface area contributed by atoms with Crippen LogP contribution in [0.15, 0.2) is 6.07 Å². The molecule has 2 rings (SSSR count). The topological polar surface area (TPSA) is 100 Å². The molecular weight excluding hydrogens is 244 g/mol. The molecule has 0 spiro atoms. The second-order valence-corrected chi connectivity index (χ2v) is 4.33. The molecule has 0 radical (unpaired) electrons. The Morgan fingerprint density at radius 1 is 1.63 bits per heavy atom. The first kappa shape index (κ1) is 13.4. The lowest BCUT2D eigenvalue weighted by molar-refractivity contribution is 0.0761. The summed E-state index contributed by atoms with van der Waals surface area (Å²) in [6.45, 7) is 4.62. The van der Waals surface area contributed by atoms with E-state index in [1.54, 1.807) is 0 Å². The van der Waals surface area contributed by atoms with Gasteiger partial charge >= 0.3 is 0 Å². The summed E-state index contributed by atoms with van der Waals surface area (Å²) in [7, 11) is 0. The first-order valence-electron chi connectivity index (χ1n) is 6.37. The number of aromatic nitrogens is 2. The van der Waals surface area contributed by atoms with Crippen LogP contribution in [-0.4, -0.2) is 42.3 Å². The van der Waals surface area contributed by atoms with Gasteiger partial charge < -0.3 is 20.7 Å². The molecule has 0 saturated carbocycles. The minimum absolute atomic E-state index is 0.233. The quantitative estimate of drug-likeness (QED) is 0.819. The molecular formula is C12H18N6O. The zero-order valence-corrected chi connectivity index (χ0v) is 11.0. The van der Waals surface area contributed by atoms with E-state index in [9.17, 15) is 0 Å². The van der Waals surface area contributed by atoms with Gasteiger partial charge in [-0.05, 0) is 6.42 Å². The van der Waals surface area contributed by atoms with Crippen molar-refractivity contribution in [3.8, 4) is 6.07 Å². The van der Waals surface area contributed by atoms with E-state index in [-0.39, 0.29) is 5.95 Å². The zero-order valence-electron chi connectivity index (χ0n) is 11.0. The van der Waals surface area contributed by atoms with Crippen LogP contribution in [-0.2, 0) is 4.74 Å². The van der Waals surface area contributed by atoms with Gasteiger partial charge in [-0.3, -0.25) is 0 Å². The summed E-state index contributed by atoms with van der Waals surface area (Å²) in [5, 5.41) is 12.1. The van der Waals surface area contributed by atoms with Gasteiger partial charge in [-0.25, -0.2) is 0 Å². The highest BCUT2D eigenvalue weighted by Gasteiger charge is 2.21. The summed E-state index contributed by atoms with van der Waals surface area (Å²) in [4.78, 5) is 10.4. The van der Waals surface area contributed by atoms with Crippen molar-refractivity contribution in [2.24, 2.45) is 0 Å². The molecule has 102 valence electrons. The summed E-state index contributed by atoms with van der Waals surface area (Å²) in [6, 6.07) is 3.97. The highest BCUT2D eigenvalue weighted by molar-refractivity contribution is 5.53. The Hall–Kier alpha value is -2.07. The fourth-order valence-electron chi connectivity index (χ4n) is 1.89. The number of nitrogens with zero attached hydrogens (tertiary/aromatic N) is 4. The second-order valence-electron chi connectivity index (χ2n) is 4.33. The SMILES string of the molecule is CCCNc1cc(N2CCOC(C#N)C2)nc(N)n1. The van der Waals surface area contributed by atoms with Crippen LogP contribution in [0.25, 0.3) is 0 Å². The Balaban J connectivity index is 2.14. The van der Waals surface area contributed by atoms with Crippen molar-refractivity contribution in [2.45, 2.75) is 19.4 Å². The molecule has 1 atom stereocenters. The number of nitrogens with two attached hydrogens (primary N) is 1. The average molecular weight is 262 g/mol. The molecule has 7 heteroatoms. The maximum Gasteiger partial charge on any atom is 0.223 e. The summed E-state index contributed by atoms with van der Waals surface area (Å²) in [6.07, 6.45) is 0.588. The molecule has 19 heavy (non-hydrogen) atoms. The van der Waals surface area contributed by atoms with Crippen LogP contribution >= 0.6 is 0 Å². The number of anilines is 3. The van der Waals surface area contributed by atoms with Crippen molar-refractivity contribution in [2.75, 3.05) is 42.2 Å². The molecule has 0 aromatic carbocycles. The predicted molar refractivity (Wildman–Crippen MR) is 72.8 cm³/mol. The molecule has 0 amide bonds. The van der Waals surface area contributed by atoms with Gasteiger partial charge in [0.05, 0.1) is 19.2 Å². The van der Waals surface area contributed by atoms with Crippen molar-refractivity contribution < 1.29 is 4.74 Å². The van der Waals surface area contributed by atoms with Gasteiger partial charge in [0, 0.05) is 19.2 Å². The van der Waals surface area contributed by atoms with Crippen molar-refractivity contribution in [1.29, 1.82) is 5.26 Å². The number of rotatable bonds is 4. The summed E-state index contributed by atoms with van der Waals surface area (Å²) >= 11 is 0. The number of ether oxygens (including phenoxy) is 1. The third kappa shape index (κ3) is 3.45. The van der Waals surface area contributed by atoms with E-state index in [1.807, 2.05) is 11.0 Å². The Bertz CT molecular complexity index is 472. The Kier molecular flexibility index (Phi) is 4.36. The summed E-state index contributed by atoms with van der Waals surface area (Å²) < 4.78 is 5.31. The highest BCUT2D eigenvalue weighted by Crippen LogP contribution is 2.19. The number of morpholine rings is 1. The Morgan fingerprint density at radius 3 is 3.21 bits per heavy atom. The minimum atomic E-state index is -0.419. The van der Waals surface area contributed by atoms with Crippen molar-refractivity contribution in [3.63, 3.8) is 0 Å². The predicted octanol–water partition coefficient (Wildman–Crippen LogP) is 0.609. The third-order valence-corrected chi connectivity index (χ3v) is 2.82. The van der Waals surface area contributed by atoms with Crippen LogP contribution in [0.2, 0.25) is 0 Å². The molecule has 1 fully saturated rings. The van der Waals surface area contributed by atoms with E-state index < -0.39 is 6.10 Å². The van der Waals surface area contributed by atoms with Crippen LogP contribution in [0, 0.1) is 11.3 Å². The molecule has 1 aromatic rings. The molecule has 2 heterocycles. The van der Waals surface area contributed by atoms with Crippen LogP contribution in [0.4, 0.5) is 17.6 Å². The fraction of sp³-hybridized carbons (Fsp3) is 0.583. The first-order chi connectivity index (χ1) is 9.22. The van der Waals surface area contributed by atoms with Gasteiger partial charge in [-0.2, -0.15) is 15.2 Å². The lowest BCUT2D eigenvalue weighted by Gasteiger charge is -2.30. The van der Waals surface area contributed by atoms with E-state index in [0.29, 0.717) is 25.5 Å². The number of nitrogens with one attached hydrogen (secondary N) is 1. The van der Waals surface area contributed by atoms with E-state index >= 15 is 0 Å². The van der Waals surface area contributed by atoms with Gasteiger partial charge in [0.2, 0.25) is 5.95 Å². The lowest BCUT2D eigenvalue weighted by atomic mass is 10.3. The number of hydrogen-bond donors (Lipinski definition) is 2. The Morgan fingerprint density at radius 2 is 2.47 bits per heavy atom. The van der Waals surface area contributed by atoms with Crippen molar-refractivity contribution in [3.05, 3.63) is 6.07 Å². The highest BCUT2D eigenvalue weighted by atomic mass is 16.5. The van der Waals surface area contributed by atoms with Crippen molar-refractivity contribution >= 4 is 17.6 Å². The molecule has 1 saturated heterocycles. The largest absolute Gasteiger partial charge is 0.370 e. The normalized spacial score (nSPS) is 18.9. The van der Waals surface area contributed by atoms with Gasteiger partial charge in [0.25, 0.3) is 0 Å². The van der Waals surface area contributed by atoms with E-state index in [0.717, 1.165) is 18.8 Å². The molecule has 1 aliphatic rings. The lowest BCUT2D eigenvalue weighted by Crippen LogP contribution is -2.42. The van der Waals surface area contributed by atoms with Gasteiger partial charge in [0.1, 0.15) is 11.6 Å². The number of hydrogen-bond acceptors (Lipinski definition) is 7. The molecule has 7 nitrogen and oxygen atoms in total. The Labute approximate surface area is 112 Å². The van der Waals surface area contributed by atoms with Crippen LogP contribution in [0.3, 0.4) is 0 Å². The molecule has 1 unspecified atom stereocenters. The maximum atomic E-state index is 8.91. The molecule has 1 aliphatic heterocycles. The average Bonchev–Trinajstić information content (AvgIpc) is 2.44. The van der Waals surface area contributed by atoms with E-state index in [4.69, 9.17) is 15.7 Å². The van der Waals surface area contributed by atoms with Gasteiger partial charge in [-0.1, -0.05) is 6.92 Å². The van der Waals surface area contributed by atoms with E-state index in [2.05, 4.69) is 28.3 Å². The summed E-state index contributed by atoms with van der Waals surface area (Å²) in [5.74, 6) is 1.68. The van der Waals surface area contributed by atoms with Crippen LogP contribution in [0.1, 0.15) is 13.3 Å².